The quantitative estimate of drug-likeness (QED) is 0.868. The second-order valence-corrected chi connectivity index (χ2v) is 5.37. The molecule has 1 aliphatic heterocycles. The van der Waals surface area contributed by atoms with E-state index in [0.717, 1.165) is 0 Å². The molecule has 2 aromatic carbocycles. The van der Waals surface area contributed by atoms with Gasteiger partial charge in [-0.1, -0.05) is 35.3 Å². The van der Waals surface area contributed by atoms with Gasteiger partial charge in [-0.25, -0.2) is 4.79 Å². The van der Waals surface area contributed by atoms with E-state index in [1.165, 1.54) is 18.2 Å². The zero-order valence-electron chi connectivity index (χ0n) is 10.9. The molecule has 0 fully saturated rings. The average Bonchev–Trinajstić information content (AvgIpc) is 2.88. The lowest BCUT2D eigenvalue weighted by atomic mass is 10.0. The molecule has 0 radical (unpaired) electrons. The summed E-state index contributed by atoms with van der Waals surface area (Å²) in [6.45, 7) is 0. The van der Waals surface area contributed by atoms with Gasteiger partial charge in [-0.3, -0.25) is 4.79 Å². The fraction of sp³-hybridized carbons (Fsp3) is 0.0667. The summed E-state index contributed by atoms with van der Waals surface area (Å²) < 4.78 is 10.2. The highest BCUT2D eigenvalue weighted by atomic mass is 35.5. The third-order valence-corrected chi connectivity index (χ3v) is 3.58. The standard InChI is InChI=1S/C15H8Cl2O5/c16-8-3-1-2-7(4-8)13(18)9-5-11-12(6-10(9)17)22-15(21-11)14(19)20/h1-6,15H,(H,19,20). The first-order chi connectivity index (χ1) is 10.5. The van der Waals surface area contributed by atoms with Gasteiger partial charge in [0.1, 0.15) is 0 Å². The van der Waals surface area contributed by atoms with Crippen molar-refractivity contribution in [2.75, 3.05) is 0 Å². The minimum atomic E-state index is -1.44. The smallest absolute Gasteiger partial charge is 0.387 e. The molecule has 2 aromatic rings. The number of hydrogen-bond donors (Lipinski definition) is 1. The molecule has 1 heterocycles. The lowest BCUT2D eigenvalue weighted by molar-refractivity contribution is -0.154. The Labute approximate surface area is 135 Å². The van der Waals surface area contributed by atoms with Crippen LogP contribution in [0.15, 0.2) is 36.4 Å². The molecule has 0 saturated carbocycles. The first-order valence-electron chi connectivity index (χ1n) is 6.15. The molecule has 0 aliphatic carbocycles. The summed E-state index contributed by atoms with van der Waals surface area (Å²) in [7, 11) is 0. The summed E-state index contributed by atoms with van der Waals surface area (Å²) in [6, 6.07) is 9.15. The fourth-order valence-corrected chi connectivity index (χ4v) is 2.46. The van der Waals surface area contributed by atoms with Gasteiger partial charge in [0.25, 0.3) is 0 Å². The van der Waals surface area contributed by atoms with Crippen molar-refractivity contribution in [3.05, 3.63) is 57.6 Å². The van der Waals surface area contributed by atoms with Crippen molar-refractivity contribution in [2.24, 2.45) is 0 Å². The number of carboxylic acid groups (broad SMARTS) is 1. The number of ketones is 1. The number of carbonyl (C=O) groups excluding carboxylic acids is 1. The number of fused-ring (bicyclic) bond motifs is 1. The molecule has 0 bridgehead atoms. The number of rotatable bonds is 3. The molecule has 3 rings (SSSR count). The van der Waals surface area contributed by atoms with E-state index in [4.69, 9.17) is 37.8 Å². The van der Waals surface area contributed by atoms with Gasteiger partial charge in [0.05, 0.1) is 5.02 Å². The zero-order valence-corrected chi connectivity index (χ0v) is 12.4. The summed E-state index contributed by atoms with van der Waals surface area (Å²) >= 11 is 12.0. The monoisotopic (exact) mass is 338 g/mol. The van der Waals surface area contributed by atoms with Crippen LogP contribution in [0.25, 0.3) is 0 Å². The van der Waals surface area contributed by atoms with Crippen LogP contribution in [0.3, 0.4) is 0 Å². The van der Waals surface area contributed by atoms with Crippen molar-refractivity contribution >= 4 is 35.0 Å². The summed E-state index contributed by atoms with van der Waals surface area (Å²) in [5.74, 6) is -1.28. The molecular formula is C15H8Cl2O5. The summed E-state index contributed by atoms with van der Waals surface area (Å²) in [5, 5.41) is 9.44. The maximum absolute atomic E-state index is 12.5. The molecule has 112 valence electrons. The maximum atomic E-state index is 12.5. The van der Waals surface area contributed by atoms with Crippen molar-refractivity contribution in [1.82, 2.24) is 0 Å². The van der Waals surface area contributed by atoms with Gasteiger partial charge in [-0.15, -0.1) is 0 Å². The predicted molar refractivity (Wildman–Crippen MR) is 79.0 cm³/mol. The van der Waals surface area contributed by atoms with Crippen LogP contribution < -0.4 is 9.47 Å². The van der Waals surface area contributed by atoms with Gasteiger partial charge in [0, 0.05) is 22.2 Å². The van der Waals surface area contributed by atoms with Crippen LogP contribution in [0.2, 0.25) is 10.0 Å². The highest BCUT2D eigenvalue weighted by molar-refractivity contribution is 6.35. The van der Waals surface area contributed by atoms with Gasteiger partial charge in [0.15, 0.2) is 17.3 Å². The molecule has 5 nitrogen and oxygen atoms in total. The number of aliphatic carboxylic acids is 1. The topological polar surface area (TPSA) is 72.8 Å². The van der Waals surface area contributed by atoms with E-state index in [1.807, 2.05) is 0 Å². The van der Waals surface area contributed by atoms with Crippen molar-refractivity contribution in [3.63, 3.8) is 0 Å². The normalized spacial score (nSPS) is 15.6. The Morgan fingerprint density at radius 1 is 1.05 bits per heavy atom. The number of benzene rings is 2. The average molecular weight is 339 g/mol. The summed E-state index contributed by atoms with van der Waals surface area (Å²) in [6.07, 6.45) is -1.44. The molecule has 0 amide bonds. The minimum Gasteiger partial charge on any atom is -0.476 e. The van der Waals surface area contributed by atoms with E-state index in [1.54, 1.807) is 18.2 Å². The number of carboxylic acids is 1. The molecule has 7 heteroatoms. The van der Waals surface area contributed by atoms with Crippen LogP contribution in [0.1, 0.15) is 15.9 Å². The van der Waals surface area contributed by atoms with Crippen LogP contribution in [-0.4, -0.2) is 23.1 Å². The molecular weight excluding hydrogens is 331 g/mol. The molecule has 1 N–H and O–H groups in total. The fourth-order valence-electron chi connectivity index (χ4n) is 2.03. The molecule has 0 spiro atoms. The van der Waals surface area contributed by atoms with Crippen molar-refractivity contribution in [2.45, 2.75) is 6.29 Å². The Hall–Kier alpha value is -2.24. The minimum absolute atomic E-state index is 0.137. The van der Waals surface area contributed by atoms with Gasteiger partial charge in [-0.2, -0.15) is 0 Å². The van der Waals surface area contributed by atoms with Gasteiger partial charge < -0.3 is 14.6 Å². The third-order valence-electron chi connectivity index (χ3n) is 3.03. The van der Waals surface area contributed by atoms with Crippen LogP contribution in [0.4, 0.5) is 0 Å². The Kier molecular flexibility index (Phi) is 3.68. The molecule has 0 saturated heterocycles. The van der Waals surface area contributed by atoms with Crippen LogP contribution in [0, 0.1) is 0 Å². The van der Waals surface area contributed by atoms with E-state index in [9.17, 15) is 9.59 Å². The Balaban J connectivity index is 1.98. The zero-order chi connectivity index (χ0) is 15.9. The maximum Gasteiger partial charge on any atom is 0.387 e. The SMILES string of the molecule is O=C(c1cccc(Cl)c1)c1cc2c(cc1Cl)OC(C(=O)O)O2. The van der Waals surface area contributed by atoms with Gasteiger partial charge in [0.2, 0.25) is 0 Å². The van der Waals surface area contributed by atoms with Crippen LogP contribution >= 0.6 is 23.2 Å². The predicted octanol–water partition coefficient (Wildman–Crippen LogP) is 3.41. The Morgan fingerprint density at radius 2 is 1.73 bits per heavy atom. The second kappa shape index (κ2) is 5.51. The number of hydrogen-bond acceptors (Lipinski definition) is 4. The highest BCUT2D eigenvalue weighted by Crippen LogP contribution is 2.39. The third kappa shape index (κ3) is 2.61. The van der Waals surface area contributed by atoms with Crippen molar-refractivity contribution in [1.29, 1.82) is 0 Å². The first-order valence-corrected chi connectivity index (χ1v) is 6.91. The molecule has 0 aromatic heterocycles. The Morgan fingerprint density at radius 3 is 2.36 bits per heavy atom. The molecule has 1 atom stereocenters. The van der Waals surface area contributed by atoms with Gasteiger partial charge >= 0.3 is 12.3 Å². The first kappa shape index (κ1) is 14.7. The lowest BCUT2D eigenvalue weighted by Gasteiger charge is -2.06. The lowest BCUT2D eigenvalue weighted by Crippen LogP contribution is -2.28. The van der Waals surface area contributed by atoms with Crippen LogP contribution in [0.5, 0.6) is 11.5 Å². The Bertz CT molecular complexity index is 787. The molecule has 1 unspecified atom stereocenters. The largest absolute Gasteiger partial charge is 0.476 e. The summed E-state index contributed by atoms with van der Waals surface area (Å²) in [4.78, 5) is 23.3. The van der Waals surface area contributed by atoms with Crippen LogP contribution in [-0.2, 0) is 4.79 Å². The van der Waals surface area contributed by atoms with Gasteiger partial charge in [-0.05, 0) is 18.2 Å². The van der Waals surface area contributed by atoms with Crippen molar-refractivity contribution < 1.29 is 24.2 Å². The number of carbonyl (C=O) groups is 2. The summed E-state index contributed by atoms with van der Waals surface area (Å²) in [5.41, 5.74) is 0.542. The van der Waals surface area contributed by atoms with E-state index < -0.39 is 12.3 Å². The van der Waals surface area contributed by atoms with E-state index in [-0.39, 0.29) is 27.9 Å². The number of ether oxygens (including phenoxy) is 2. The van der Waals surface area contributed by atoms with Crippen molar-refractivity contribution in [3.8, 4) is 11.5 Å². The highest BCUT2D eigenvalue weighted by Gasteiger charge is 2.32. The van der Waals surface area contributed by atoms with E-state index in [2.05, 4.69) is 0 Å². The molecule has 22 heavy (non-hydrogen) atoms. The van der Waals surface area contributed by atoms with E-state index in [0.29, 0.717) is 10.6 Å². The molecule has 1 aliphatic rings. The second-order valence-electron chi connectivity index (χ2n) is 4.52. The number of halogens is 2. The van der Waals surface area contributed by atoms with E-state index >= 15 is 0 Å².